The van der Waals surface area contributed by atoms with Gasteiger partial charge in [-0.1, -0.05) is 24.3 Å². The standard InChI is InChI=1S/C12H8N2.2NO3.Pd/c1-3-9-5-6-10-4-2-8-14-12(10)11(9)13-7-1;2*2-1(3)4;/h1-8H;;;/q;2*-1;+2. The van der Waals surface area contributed by atoms with E-state index in [9.17, 15) is 0 Å². The molecule has 0 unspecified atom stereocenters. The van der Waals surface area contributed by atoms with Gasteiger partial charge in [-0.3, -0.25) is 9.97 Å². The Morgan fingerprint density at radius 2 is 1.00 bits per heavy atom. The summed E-state index contributed by atoms with van der Waals surface area (Å²) in [4.78, 5) is 25.2. The summed E-state index contributed by atoms with van der Waals surface area (Å²) in [6.45, 7) is 0. The normalized spacial score (nSPS) is 8.70. The van der Waals surface area contributed by atoms with E-state index in [1.807, 2.05) is 12.1 Å². The van der Waals surface area contributed by atoms with Gasteiger partial charge in [-0.05, 0) is 12.1 Å². The van der Waals surface area contributed by atoms with Gasteiger partial charge in [0.15, 0.2) is 0 Å². The van der Waals surface area contributed by atoms with Gasteiger partial charge in [0.25, 0.3) is 0 Å². The van der Waals surface area contributed by atoms with E-state index >= 15 is 0 Å². The number of benzene rings is 1. The Kier molecular flexibility index (Phi) is 8.68. The van der Waals surface area contributed by atoms with Gasteiger partial charge < -0.3 is 30.6 Å². The van der Waals surface area contributed by atoms with E-state index in [0.29, 0.717) is 0 Å². The fourth-order valence-electron chi connectivity index (χ4n) is 1.68. The Morgan fingerprint density at radius 1 is 0.696 bits per heavy atom. The van der Waals surface area contributed by atoms with E-state index in [1.54, 1.807) is 12.4 Å². The molecule has 0 atom stereocenters. The van der Waals surface area contributed by atoms with Crippen molar-refractivity contribution in [3.63, 3.8) is 0 Å². The molecule has 0 aliphatic rings. The maximum Gasteiger partial charge on any atom is 2.00 e. The van der Waals surface area contributed by atoms with Crippen molar-refractivity contribution in [3.05, 3.63) is 79.4 Å². The van der Waals surface area contributed by atoms with Gasteiger partial charge in [0.05, 0.1) is 21.2 Å². The molecule has 1 aromatic carbocycles. The Hall–Kier alpha value is -2.90. The minimum Gasteiger partial charge on any atom is -0.356 e. The Bertz CT molecular complexity index is 726. The molecule has 0 N–H and O–H groups in total. The number of nitrogens with zero attached hydrogens (tertiary/aromatic N) is 4. The van der Waals surface area contributed by atoms with Gasteiger partial charge in [0.1, 0.15) is 0 Å². The first-order chi connectivity index (χ1) is 10.4. The van der Waals surface area contributed by atoms with Crippen molar-refractivity contribution < 1.29 is 30.6 Å². The number of aromatic nitrogens is 2. The second-order valence-corrected chi connectivity index (χ2v) is 3.66. The predicted molar refractivity (Wildman–Crippen MR) is 77.8 cm³/mol. The van der Waals surface area contributed by atoms with Gasteiger partial charge in [-0.15, -0.1) is 0 Å². The first kappa shape index (κ1) is 20.1. The van der Waals surface area contributed by atoms with Gasteiger partial charge in [-0.2, -0.15) is 0 Å². The molecule has 2 heterocycles. The molecule has 0 aliphatic heterocycles. The van der Waals surface area contributed by atoms with Crippen LogP contribution in [0.15, 0.2) is 48.8 Å². The van der Waals surface area contributed by atoms with Crippen molar-refractivity contribution in [1.82, 2.24) is 9.97 Å². The van der Waals surface area contributed by atoms with E-state index in [0.717, 1.165) is 21.8 Å². The molecule has 0 radical (unpaired) electrons. The van der Waals surface area contributed by atoms with Crippen LogP contribution in [-0.2, 0) is 20.4 Å². The van der Waals surface area contributed by atoms with Crippen LogP contribution in [0.5, 0.6) is 0 Å². The third-order valence-electron chi connectivity index (χ3n) is 2.34. The van der Waals surface area contributed by atoms with E-state index in [1.165, 1.54) is 0 Å². The van der Waals surface area contributed by atoms with E-state index in [4.69, 9.17) is 30.6 Å². The van der Waals surface area contributed by atoms with Crippen molar-refractivity contribution in [3.8, 4) is 0 Å². The zero-order valence-electron chi connectivity index (χ0n) is 11.2. The summed E-state index contributed by atoms with van der Waals surface area (Å²) in [5.74, 6) is 0. The van der Waals surface area contributed by atoms with Crippen LogP contribution in [0.3, 0.4) is 0 Å². The molecule has 0 spiro atoms. The van der Waals surface area contributed by atoms with Crippen LogP contribution in [0.1, 0.15) is 0 Å². The SMILES string of the molecule is O=[N+]([O-])[O-].O=[N+]([O-])[O-].[Pd+2].c1cnc2c(c1)ccc1cccnc12. The van der Waals surface area contributed by atoms with E-state index in [-0.39, 0.29) is 20.4 Å². The molecule has 10 nitrogen and oxygen atoms in total. The smallest absolute Gasteiger partial charge is 0.356 e. The maximum absolute atomic E-state index is 8.25. The largest absolute Gasteiger partial charge is 2.00 e. The van der Waals surface area contributed by atoms with Crippen molar-refractivity contribution >= 4 is 21.8 Å². The molecule has 0 amide bonds. The number of fused-ring (bicyclic) bond motifs is 3. The molecular formula is C12H8N4O6Pd. The maximum atomic E-state index is 8.25. The number of pyridine rings is 2. The Morgan fingerprint density at radius 3 is 1.30 bits per heavy atom. The minimum absolute atomic E-state index is 0. The number of hydrogen-bond acceptors (Lipinski definition) is 8. The van der Waals surface area contributed by atoms with Crippen LogP contribution >= 0.6 is 0 Å². The van der Waals surface area contributed by atoms with Crippen molar-refractivity contribution in [1.29, 1.82) is 0 Å². The van der Waals surface area contributed by atoms with E-state index < -0.39 is 10.2 Å². The molecule has 0 saturated heterocycles. The molecule has 0 bridgehead atoms. The molecule has 3 aromatic rings. The quantitative estimate of drug-likeness (QED) is 0.236. The van der Waals surface area contributed by atoms with Crippen LogP contribution in [0.25, 0.3) is 21.8 Å². The monoisotopic (exact) mass is 410 g/mol. The molecule has 0 saturated carbocycles. The summed E-state index contributed by atoms with van der Waals surface area (Å²) in [6.07, 6.45) is 3.60. The first-order valence-electron chi connectivity index (χ1n) is 5.63. The number of rotatable bonds is 0. The van der Waals surface area contributed by atoms with Gasteiger partial charge in [0.2, 0.25) is 0 Å². The molecule has 122 valence electrons. The number of hydrogen-bond donors (Lipinski definition) is 0. The van der Waals surface area contributed by atoms with Crippen LogP contribution in [0, 0.1) is 30.6 Å². The second kappa shape index (κ2) is 9.93. The van der Waals surface area contributed by atoms with Crippen molar-refractivity contribution in [2.75, 3.05) is 0 Å². The van der Waals surface area contributed by atoms with Crippen LogP contribution in [0.4, 0.5) is 0 Å². The zero-order valence-corrected chi connectivity index (χ0v) is 12.7. The molecular weight excluding hydrogens is 403 g/mol. The van der Waals surface area contributed by atoms with Gasteiger partial charge in [0, 0.05) is 23.2 Å². The molecule has 2 aromatic heterocycles. The average Bonchev–Trinajstić information content (AvgIpc) is 2.46. The summed E-state index contributed by atoms with van der Waals surface area (Å²) >= 11 is 0. The summed E-state index contributed by atoms with van der Waals surface area (Å²) in [5, 5.41) is 31.8. The van der Waals surface area contributed by atoms with Gasteiger partial charge in [-0.25, -0.2) is 0 Å². The zero-order chi connectivity index (χ0) is 16.5. The van der Waals surface area contributed by atoms with Crippen molar-refractivity contribution in [2.45, 2.75) is 0 Å². The Balaban J connectivity index is 0.000000461. The topological polar surface area (TPSA) is 158 Å². The fraction of sp³-hybridized carbons (Fsp3) is 0. The Labute approximate surface area is 142 Å². The molecule has 0 fully saturated rings. The van der Waals surface area contributed by atoms with Gasteiger partial charge >= 0.3 is 20.4 Å². The molecule has 3 rings (SSSR count). The summed E-state index contributed by atoms with van der Waals surface area (Å²) < 4.78 is 0. The summed E-state index contributed by atoms with van der Waals surface area (Å²) in [6, 6.07) is 12.1. The third-order valence-corrected chi connectivity index (χ3v) is 2.34. The van der Waals surface area contributed by atoms with Crippen LogP contribution in [0.2, 0.25) is 0 Å². The minimum atomic E-state index is -1.75. The molecule has 0 aliphatic carbocycles. The van der Waals surface area contributed by atoms with Crippen molar-refractivity contribution in [2.24, 2.45) is 0 Å². The molecule has 11 heteroatoms. The third kappa shape index (κ3) is 7.07. The summed E-state index contributed by atoms with van der Waals surface area (Å²) in [5.41, 5.74) is 1.95. The fourth-order valence-corrected chi connectivity index (χ4v) is 1.68. The summed E-state index contributed by atoms with van der Waals surface area (Å²) in [7, 11) is 0. The van der Waals surface area contributed by atoms with Crippen LogP contribution < -0.4 is 0 Å². The first-order valence-corrected chi connectivity index (χ1v) is 5.63. The average molecular weight is 411 g/mol. The second-order valence-electron chi connectivity index (χ2n) is 3.66. The molecule has 23 heavy (non-hydrogen) atoms. The van der Waals surface area contributed by atoms with E-state index in [2.05, 4.69) is 34.2 Å². The van der Waals surface area contributed by atoms with Crippen LogP contribution in [-0.4, -0.2) is 20.1 Å². The predicted octanol–water partition coefficient (Wildman–Crippen LogP) is 2.30.